The van der Waals surface area contributed by atoms with Gasteiger partial charge in [-0.2, -0.15) is 0 Å². The van der Waals surface area contributed by atoms with Crippen LogP contribution < -0.4 is 0 Å². The number of carbonyl (C=O) groups excluding carboxylic acids is 1. The first-order valence-corrected chi connectivity index (χ1v) is 6.34. The van der Waals surface area contributed by atoms with E-state index in [1.165, 1.54) is 7.11 Å². The molecular weight excluding hydrogens is 259 g/mol. The van der Waals surface area contributed by atoms with Gasteiger partial charge in [0.2, 0.25) is 0 Å². The van der Waals surface area contributed by atoms with Crippen LogP contribution in [0.15, 0.2) is 30.3 Å². The molecule has 5 nitrogen and oxygen atoms in total. The lowest BCUT2D eigenvalue weighted by atomic mass is 10.0. The first-order valence-electron chi connectivity index (χ1n) is 6.34. The average molecular weight is 278 g/mol. The van der Waals surface area contributed by atoms with Gasteiger partial charge >= 0.3 is 5.97 Å². The number of esters is 1. The molecule has 1 aromatic carbocycles. The maximum absolute atomic E-state index is 11.7. The molecule has 20 heavy (non-hydrogen) atoms. The lowest BCUT2D eigenvalue weighted by Crippen LogP contribution is -2.37. The molecule has 0 aromatic heterocycles. The molecule has 0 fully saturated rings. The molecule has 0 heterocycles. The number of aliphatic hydroxyl groups excluding tert-OH is 1. The van der Waals surface area contributed by atoms with Gasteiger partial charge in [0.1, 0.15) is 20.6 Å². The van der Waals surface area contributed by atoms with E-state index in [9.17, 15) is 9.90 Å². The smallest absolute Gasteiger partial charge is 0.338 e. The number of rotatable bonds is 8. The van der Waals surface area contributed by atoms with Gasteiger partial charge in [-0.25, -0.2) is 4.79 Å². The summed E-state index contributed by atoms with van der Waals surface area (Å²) in [5, 5.41) is 9.48. The van der Waals surface area contributed by atoms with Gasteiger partial charge in [0.25, 0.3) is 0 Å². The largest absolute Gasteiger partial charge is 0.460 e. The first-order chi connectivity index (χ1) is 9.54. The van der Waals surface area contributed by atoms with Crippen LogP contribution in [0.4, 0.5) is 0 Å². The number of ether oxygens (including phenoxy) is 3. The molecule has 108 valence electrons. The SMILES string of the molecule is [B]C(COC(=O)c1ccccc1)O[C@H](COC)[C@H](C)O. The molecule has 0 amide bonds. The normalized spacial score (nSPS) is 15.3. The van der Waals surface area contributed by atoms with Crippen molar-refractivity contribution in [3.63, 3.8) is 0 Å². The lowest BCUT2D eigenvalue weighted by molar-refractivity contribution is -0.0878. The minimum Gasteiger partial charge on any atom is -0.460 e. The molecule has 6 heteroatoms. The van der Waals surface area contributed by atoms with Crippen molar-refractivity contribution in [2.24, 2.45) is 0 Å². The van der Waals surface area contributed by atoms with E-state index in [1.54, 1.807) is 31.2 Å². The zero-order valence-electron chi connectivity index (χ0n) is 11.7. The van der Waals surface area contributed by atoms with Crippen molar-refractivity contribution in [2.45, 2.75) is 25.1 Å². The Morgan fingerprint density at radius 2 is 1.95 bits per heavy atom. The van der Waals surface area contributed by atoms with Crippen LogP contribution in [0.5, 0.6) is 0 Å². The van der Waals surface area contributed by atoms with Crippen molar-refractivity contribution >= 4 is 13.8 Å². The van der Waals surface area contributed by atoms with E-state index in [0.29, 0.717) is 5.56 Å². The number of benzene rings is 1. The second kappa shape index (κ2) is 8.74. The van der Waals surface area contributed by atoms with Gasteiger partial charge in [0, 0.05) is 7.11 Å². The summed E-state index contributed by atoms with van der Waals surface area (Å²) in [6, 6.07) is 7.78. The topological polar surface area (TPSA) is 65.0 Å². The third kappa shape index (κ3) is 5.73. The molecule has 0 saturated carbocycles. The van der Waals surface area contributed by atoms with Crippen LogP contribution in [-0.2, 0) is 14.2 Å². The van der Waals surface area contributed by atoms with Crippen LogP contribution in [0.3, 0.4) is 0 Å². The van der Waals surface area contributed by atoms with E-state index in [1.807, 2.05) is 6.07 Å². The van der Waals surface area contributed by atoms with E-state index in [2.05, 4.69) is 0 Å². The Morgan fingerprint density at radius 3 is 2.50 bits per heavy atom. The summed E-state index contributed by atoms with van der Waals surface area (Å²) in [6.07, 6.45) is -1.30. The summed E-state index contributed by atoms with van der Waals surface area (Å²) in [4.78, 5) is 11.7. The van der Waals surface area contributed by atoms with Crippen LogP contribution in [0, 0.1) is 0 Å². The maximum Gasteiger partial charge on any atom is 0.338 e. The molecule has 1 rings (SSSR count). The molecule has 0 aliphatic carbocycles. The Kier molecular flexibility index (Phi) is 7.29. The van der Waals surface area contributed by atoms with Crippen molar-refractivity contribution < 1.29 is 24.1 Å². The van der Waals surface area contributed by atoms with Crippen molar-refractivity contribution in [2.75, 3.05) is 20.3 Å². The number of aliphatic hydroxyl groups is 1. The predicted molar refractivity (Wildman–Crippen MR) is 74.7 cm³/mol. The lowest BCUT2D eigenvalue weighted by Gasteiger charge is -2.24. The van der Waals surface area contributed by atoms with E-state index in [-0.39, 0.29) is 13.2 Å². The second-order valence-electron chi connectivity index (χ2n) is 4.37. The fraction of sp³-hybridized carbons (Fsp3) is 0.500. The van der Waals surface area contributed by atoms with Gasteiger partial charge in [0.15, 0.2) is 0 Å². The molecule has 1 unspecified atom stereocenters. The van der Waals surface area contributed by atoms with Crippen molar-refractivity contribution in [1.82, 2.24) is 0 Å². The summed E-state index contributed by atoms with van der Waals surface area (Å²) < 4.78 is 15.3. The highest BCUT2D eigenvalue weighted by Gasteiger charge is 2.19. The molecular formula is C14H19BO5. The third-order valence-electron chi connectivity index (χ3n) is 2.61. The van der Waals surface area contributed by atoms with Crippen LogP contribution in [0.2, 0.25) is 0 Å². The predicted octanol–water partition coefficient (Wildman–Crippen LogP) is 0.750. The molecule has 3 atom stereocenters. The summed E-state index contributed by atoms with van der Waals surface area (Å²) in [7, 11) is 7.20. The molecule has 0 aliphatic heterocycles. The Labute approximate surface area is 120 Å². The average Bonchev–Trinajstić information content (AvgIpc) is 2.45. The van der Waals surface area contributed by atoms with E-state index >= 15 is 0 Å². The number of hydrogen-bond donors (Lipinski definition) is 1. The Bertz CT molecular complexity index is 396. The van der Waals surface area contributed by atoms with Gasteiger partial charge in [-0.05, 0) is 19.1 Å². The van der Waals surface area contributed by atoms with Gasteiger partial charge in [0.05, 0.1) is 24.3 Å². The van der Waals surface area contributed by atoms with Crippen molar-refractivity contribution in [1.29, 1.82) is 0 Å². The molecule has 0 saturated heterocycles. The van der Waals surface area contributed by atoms with Gasteiger partial charge < -0.3 is 19.3 Å². The van der Waals surface area contributed by atoms with E-state index < -0.39 is 24.2 Å². The van der Waals surface area contributed by atoms with Crippen molar-refractivity contribution in [3.8, 4) is 0 Å². The van der Waals surface area contributed by atoms with Gasteiger partial charge in [-0.3, -0.25) is 0 Å². The van der Waals surface area contributed by atoms with Gasteiger partial charge in [-0.1, -0.05) is 18.2 Å². The van der Waals surface area contributed by atoms with Crippen LogP contribution >= 0.6 is 0 Å². The molecule has 1 N–H and O–H groups in total. The summed E-state index contributed by atoms with van der Waals surface area (Å²) in [5.41, 5.74) is 0.448. The zero-order valence-corrected chi connectivity index (χ0v) is 11.7. The monoisotopic (exact) mass is 278 g/mol. The van der Waals surface area contributed by atoms with Gasteiger partial charge in [-0.15, -0.1) is 0 Å². The molecule has 0 spiro atoms. The first kappa shape index (κ1) is 16.7. The summed E-state index contributed by atoms with van der Waals surface area (Å²) >= 11 is 0. The minimum absolute atomic E-state index is 0.0966. The summed E-state index contributed by atoms with van der Waals surface area (Å²) in [6.45, 7) is 1.69. The summed E-state index contributed by atoms with van der Waals surface area (Å²) in [5.74, 6) is -0.468. The number of methoxy groups -OCH3 is 1. The Morgan fingerprint density at radius 1 is 1.30 bits per heavy atom. The molecule has 0 aliphatic rings. The van der Waals surface area contributed by atoms with Crippen LogP contribution in [0.1, 0.15) is 17.3 Å². The molecule has 2 radical (unpaired) electrons. The zero-order chi connectivity index (χ0) is 15.0. The third-order valence-corrected chi connectivity index (χ3v) is 2.61. The minimum atomic E-state index is -0.822. The second-order valence-corrected chi connectivity index (χ2v) is 4.37. The highest BCUT2D eigenvalue weighted by molar-refractivity contribution is 6.11. The number of carbonyl (C=O) groups is 1. The quantitative estimate of drug-likeness (QED) is 0.561. The molecule has 1 aromatic rings. The Balaban J connectivity index is 2.39. The van der Waals surface area contributed by atoms with E-state index in [0.717, 1.165) is 0 Å². The standard InChI is InChI=1S/C14H19BO5/c1-10(16)12(8-18-2)20-13(15)9-19-14(17)11-6-4-3-5-7-11/h3-7,10,12-13,16H,8-9H2,1-2H3/t10-,12+,13?/m0/s1. The maximum atomic E-state index is 11.7. The highest BCUT2D eigenvalue weighted by Crippen LogP contribution is 2.05. The van der Waals surface area contributed by atoms with E-state index in [4.69, 9.17) is 22.1 Å². The fourth-order valence-electron chi connectivity index (χ4n) is 1.54. The highest BCUT2D eigenvalue weighted by atomic mass is 16.6. The van der Waals surface area contributed by atoms with Crippen LogP contribution in [-0.4, -0.2) is 57.5 Å². The number of hydrogen-bond acceptors (Lipinski definition) is 5. The fourth-order valence-corrected chi connectivity index (χ4v) is 1.54. The van der Waals surface area contributed by atoms with Crippen LogP contribution in [0.25, 0.3) is 0 Å². The van der Waals surface area contributed by atoms with Crippen molar-refractivity contribution in [3.05, 3.63) is 35.9 Å². The molecule has 0 bridgehead atoms. The Hall–Kier alpha value is -1.37.